The van der Waals surface area contributed by atoms with Crippen molar-refractivity contribution in [3.63, 3.8) is 0 Å². The molecular weight excluding hydrogens is 228 g/mol. The van der Waals surface area contributed by atoms with Crippen molar-refractivity contribution in [3.8, 4) is 0 Å². The van der Waals surface area contributed by atoms with Crippen LogP contribution in [0.2, 0.25) is 0 Å². The fraction of sp³-hybridized carbons (Fsp3) is 1.00. The Morgan fingerprint density at radius 3 is 2.62 bits per heavy atom. The SMILES string of the molecule is NC1C2CCOC2C1N1CCS(=O)(=O)CC1. The predicted octanol–water partition coefficient (Wildman–Crippen LogP) is -1.17. The smallest absolute Gasteiger partial charge is 0.152 e. The lowest BCUT2D eigenvalue weighted by Crippen LogP contribution is -2.70. The average molecular weight is 246 g/mol. The lowest BCUT2D eigenvalue weighted by Gasteiger charge is -2.51. The lowest BCUT2D eigenvalue weighted by atomic mass is 9.71. The van der Waals surface area contributed by atoms with Gasteiger partial charge in [-0.1, -0.05) is 0 Å². The van der Waals surface area contributed by atoms with Gasteiger partial charge in [0, 0.05) is 31.7 Å². The van der Waals surface area contributed by atoms with Crippen molar-refractivity contribution in [2.75, 3.05) is 31.2 Å². The molecule has 0 bridgehead atoms. The zero-order chi connectivity index (χ0) is 11.3. The molecule has 0 amide bonds. The van der Waals surface area contributed by atoms with Gasteiger partial charge in [-0.25, -0.2) is 8.42 Å². The minimum atomic E-state index is -2.80. The molecule has 2 saturated heterocycles. The topological polar surface area (TPSA) is 72.6 Å². The van der Waals surface area contributed by atoms with Crippen molar-refractivity contribution in [3.05, 3.63) is 0 Å². The second-order valence-corrected chi connectivity index (χ2v) is 7.35. The fourth-order valence-corrected chi connectivity index (χ4v) is 4.42. The number of fused-ring (bicyclic) bond motifs is 1. The lowest BCUT2D eigenvalue weighted by molar-refractivity contribution is -0.0711. The highest BCUT2D eigenvalue weighted by atomic mass is 32.2. The van der Waals surface area contributed by atoms with Crippen molar-refractivity contribution in [1.29, 1.82) is 0 Å². The molecule has 2 N–H and O–H groups in total. The Hall–Kier alpha value is -0.170. The monoisotopic (exact) mass is 246 g/mol. The van der Waals surface area contributed by atoms with Crippen LogP contribution < -0.4 is 5.73 Å². The van der Waals surface area contributed by atoms with Gasteiger partial charge in [0.05, 0.1) is 23.7 Å². The van der Waals surface area contributed by atoms with Gasteiger partial charge in [-0.2, -0.15) is 0 Å². The summed E-state index contributed by atoms with van der Waals surface area (Å²) in [6, 6.07) is 0.427. The van der Waals surface area contributed by atoms with Crippen molar-refractivity contribution < 1.29 is 13.2 Å². The van der Waals surface area contributed by atoms with Gasteiger partial charge in [0.1, 0.15) is 0 Å². The van der Waals surface area contributed by atoms with Crippen LogP contribution >= 0.6 is 0 Å². The molecule has 92 valence electrons. The third-order valence-electron chi connectivity index (χ3n) is 4.21. The van der Waals surface area contributed by atoms with E-state index in [1.165, 1.54) is 0 Å². The molecule has 1 saturated carbocycles. The molecule has 6 heteroatoms. The molecule has 0 aromatic heterocycles. The summed E-state index contributed by atoms with van der Waals surface area (Å²) in [5, 5.41) is 0. The van der Waals surface area contributed by atoms with E-state index in [1.54, 1.807) is 0 Å². The maximum atomic E-state index is 11.3. The first kappa shape index (κ1) is 11.0. The molecule has 3 aliphatic rings. The van der Waals surface area contributed by atoms with Crippen LogP contribution in [0, 0.1) is 5.92 Å². The highest BCUT2D eigenvalue weighted by Gasteiger charge is 2.54. The Kier molecular flexibility index (Phi) is 2.51. The van der Waals surface area contributed by atoms with Gasteiger partial charge in [0.25, 0.3) is 0 Å². The fourth-order valence-electron chi connectivity index (χ4n) is 3.19. The molecule has 2 aliphatic heterocycles. The molecule has 1 aliphatic carbocycles. The second-order valence-electron chi connectivity index (χ2n) is 5.04. The number of ether oxygens (including phenoxy) is 1. The van der Waals surface area contributed by atoms with Crippen LogP contribution in [-0.2, 0) is 14.6 Å². The summed E-state index contributed by atoms with van der Waals surface area (Å²) in [7, 11) is -2.80. The summed E-state index contributed by atoms with van der Waals surface area (Å²) >= 11 is 0. The Labute approximate surface area is 95.8 Å². The van der Waals surface area contributed by atoms with Gasteiger partial charge >= 0.3 is 0 Å². The molecule has 3 fully saturated rings. The molecule has 0 radical (unpaired) electrons. The molecule has 3 rings (SSSR count). The van der Waals surface area contributed by atoms with Gasteiger partial charge in [-0.05, 0) is 6.42 Å². The first-order valence-corrected chi connectivity index (χ1v) is 7.72. The first-order chi connectivity index (χ1) is 7.58. The van der Waals surface area contributed by atoms with Crippen LogP contribution in [0.1, 0.15) is 6.42 Å². The minimum absolute atomic E-state index is 0.174. The minimum Gasteiger partial charge on any atom is -0.376 e. The zero-order valence-electron chi connectivity index (χ0n) is 9.21. The second kappa shape index (κ2) is 3.66. The van der Waals surface area contributed by atoms with E-state index in [0.717, 1.165) is 13.0 Å². The van der Waals surface area contributed by atoms with Crippen molar-refractivity contribution >= 4 is 9.84 Å². The van der Waals surface area contributed by atoms with E-state index in [-0.39, 0.29) is 29.7 Å². The number of sulfone groups is 1. The molecular formula is C10H18N2O3S. The van der Waals surface area contributed by atoms with Gasteiger partial charge in [-0.3, -0.25) is 4.90 Å². The van der Waals surface area contributed by atoms with Crippen LogP contribution in [0.15, 0.2) is 0 Å². The van der Waals surface area contributed by atoms with Crippen molar-refractivity contribution in [2.45, 2.75) is 24.6 Å². The van der Waals surface area contributed by atoms with E-state index in [0.29, 0.717) is 19.0 Å². The molecule has 0 aromatic carbocycles. The first-order valence-electron chi connectivity index (χ1n) is 5.90. The number of nitrogens with zero attached hydrogens (tertiary/aromatic N) is 1. The predicted molar refractivity (Wildman–Crippen MR) is 59.8 cm³/mol. The molecule has 4 atom stereocenters. The quantitative estimate of drug-likeness (QED) is 0.631. The molecule has 5 nitrogen and oxygen atoms in total. The Bertz CT molecular complexity index is 370. The van der Waals surface area contributed by atoms with Crippen LogP contribution in [0.4, 0.5) is 0 Å². The summed E-state index contributed by atoms with van der Waals surface area (Å²) in [5.41, 5.74) is 6.14. The van der Waals surface area contributed by atoms with E-state index in [1.807, 2.05) is 0 Å². The third-order valence-corrected chi connectivity index (χ3v) is 5.82. The molecule has 0 spiro atoms. The van der Waals surface area contributed by atoms with Crippen LogP contribution in [-0.4, -0.2) is 62.7 Å². The molecule has 16 heavy (non-hydrogen) atoms. The molecule has 2 heterocycles. The maximum Gasteiger partial charge on any atom is 0.152 e. The summed E-state index contributed by atoms with van der Waals surface area (Å²) in [4.78, 5) is 2.21. The van der Waals surface area contributed by atoms with Crippen LogP contribution in [0.5, 0.6) is 0 Å². The Balaban J connectivity index is 1.67. The van der Waals surface area contributed by atoms with E-state index in [4.69, 9.17) is 10.5 Å². The van der Waals surface area contributed by atoms with E-state index in [2.05, 4.69) is 4.90 Å². The Morgan fingerprint density at radius 2 is 1.94 bits per heavy atom. The highest BCUT2D eigenvalue weighted by Crippen LogP contribution is 2.40. The van der Waals surface area contributed by atoms with Crippen molar-refractivity contribution in [2.24, 2.45) is 11.7 Å². The summed E-state index contributed by atoms with van der Waals surface area (Å²) in [6.07, 6.45) is 1.32. The van der Waals surface area contributed by atoms with E-state index >= 15 is 0 Å². The summed E-state index contributed by atoms with van der Waals surface area (Å²) < 4.78 is 28.4. The normalized spacial score (nSPS) is 47.3. The van der Waals surface area contributed by atoms with Gasteiger partial charge in [-0.15, -0.1) is 0 Å². The van der Waals surface area contributed by atoms with Crippen LogP contribution in [0.25, 0.3) is 0 Å². The zero-order valence-corrected chi connectivity index (χ0v) is 10.0. The maximum absolute atomic E-state index is 11.3. The van der Waals surface area contributed by atoms with E-state index in [9.17, 15) is 8.42 Å². The standard InChI is InChI=1S/C10H18N2O3S/c11-8-7-1-4-15-10(7)9(8)12-2-5-16(13,14)6-3-12/h7-10H,1-6,11H2. The number of nitrogens with two attached hydrogens (primary N) is 1. The highest BCUT2D eigenvalue weighted by molar-refractivity contribution is 7.91. The number of hydrogen-bond acceptors (Lipinski definition) is 5. The Morgan fingerprint density at radius 1 is 1.25 bits per heavy atom. The van der Waals surface area contributed by atoms with Crippen molar-refractivity contribution in [1.82, 2.24) is 4.90 Å². The van der Waals surface area contributed by atoms with Crippen LogP contribution in [0.3, 0.4) is 0 Å². The molecule has 4 unspecified atom stereocenters. The number of hydrogen-bond donors (Lipinski definition) is 1. The van der Waals surface area contributed by atoms with Gasteiger partial charge in [0.2, 0.25) is 0 Å². The largest absolute Gasteiger partial charge is 0.376 e. The average Bonchev–Trinajstić information content (AvgIpc) is 2.65. The van der Waals surface area contributed by atoms with E-state index < -0.39 is 9.84 Å². The summed E-state index contributed by atoms with van der Waals surface area (Å²) in [6.45, 7) is 2.05. The molecule has 0 aromatic rings. The summed E-state index contributed by atoms with van der Waals surface area (Å²) in [5.74, 6) is 1.05. The van der Waals surface area contributed by atoms with Gasteiger partial charge < -0.3 is 10.5 Å². The third kappa shape index (κ3) is 1.59. The van der Waals surface area contributed by atoms with Gasteiger partial charge in [0.15, 0.2) is 9.84 Å². The number of rotatable bonds is 1.